The Morgan fingerprint density at radius 2 is 1.73 bits per heavy atom. The summed E-state index contributed by atoms with van der Waals surface area (Å²) in [5, 5.41) is 2.17. The van der Waals surface area contributed by atoms with Crippen LogP contribution < -0.4 is 14.3 Å². The molecule has 6 nitrogen and oxygen atoms in total. The minimum Gasteiger partial charge on any atom is -0.493 e. The fourth-order valence-electron chi connectivity index (χ4n) is 3.54. The molecule has 1 fully saturated rings. The summed E-state index contributed by atoms with van der Waals surface area (Å²) in [6.07, 6.45) is 0. The number of ether oxygens (including phenoxy) is 3. The van der Waals surface area contributed by atoms with Crippen molar-refractivity contribution in [2.24, 2.45) is 4.99 Å². The Labute approximate surface area is 181 Å². The number of aromatic nitrogens is 1. The van der Waals surface area contributed by atoms with E-state index in [-0.39, 0.29) is 0 Å². The van der Waals surface area contributed by atoms with Gasteiger partial charge in [0.15, 0.2) is 16.3 Å². The highest BCUT2D eigenvalue weighted by Crippen LogP contribution is 2.32. The van der Waals surface area contributed by atoms with Gasteiger partial charge in [-0.25, -0.2) is 4.99 Å². The normalized spacial score (nSPS) is 15.3. The van der Waals surface area contributed by atoms with Gasteiger partial charge < -0.3 is 18.8 Å². The van der Waals surface area contributed by atoms with Gasteiger partial charge in [0.25, 0.3) is 0 Å². The first-order chi connectivity index (χ1) is 14.8. The third-order valence-corrected chi connectivity index (χ3v) is 6.07. The topological polar surface area (TPSA) is 48.2 Å². The lowest BCUT2D eigenvalue weighted by Gasteiger charge is -2.26. The largest absolute Gasteiger partial charge is 0.493 e. The molecule has 0 spiro atoms. The second-order valence-electron chi connectivity index (χ2n) is 7.03. The SMILES string of the molecule is COc1ccc(-c2csc(=Nc3ccccc3)n2CCN2CCOCC2)cc1OC. The zero-order valence-electron chi connectivity index (χ0n) is 17.4. The number of nitrogens with zero attached hydrogens (tertiary/aromatic N) is 3. The van der Waals surface area contributed by atoms with Gasteiger partial charge in [-0.3, -0.25) is 4.90 Å². The van der Waals surface area contributed by atoms with Crippen molar-refractivity contribution in [1.29, 1.82) is 0 Å². The first-order valence-corrected chi connectivity index (χ1v) is 11.0. The van der Waals surface area contributed by atoms with Crippen molar-refractivity contribution in [2.45, 2.75) is 6.54 Å². The fourth-order valence-corrected chi connectivity index (χ4v) is 4.50. The molecule has 0 N–H and O–H groups in total. The zero-order valence-corrected chi connectivity index (χ0v) is 18.2. The summed E-state index contributed by atoms with van der Waals surface area (Å²) >= 11 is 1.66. The molecular formula is C23H27N3O3S. The maximum absolute atomic E-state index is 5.52. The number of benzene rings is 2. The zero-order chi connectivity index (χ0) is 20.8. The smallest absolute Gasteiger partial charge is 0.190 e. The van der Waals surface area contributed by atoms with Gasteiger partial charge in [0.1, 0.15) is 0 Å². The molecule has 158 valence electrons. The molecule has 7 heteroatoms. The molecule has 0 amide bonds. The Hall–Kier alpha value is -2.61. The van der Waals surface area contributed by atoms with Crippen LogP contribution in [0.4, 0.5) is 5.69 Å². The van der Waals surface area contributed by atoms with Crippen molar-refractivity contribution in [3.05, 3.63) is 58.7 Å². The van der Waals surface area contributed by atoms with Gasteiger partial charge in [-0.2, -0.15) is 0 Å². The summed E-state index contributed by atoms with van der Waals surface area (Å²) < 4.78 is 18.7. The molecule has 2 heterocycles. The lowest BCUT2D eigenvalue weighted by atomic mass is 10.1. The second-order valence-corrected chi connectivity index (χ2v) is 7.86. The molecule has 30 heavy (non-hydrogen) atoms. The number of hydrogen-bond acceptors (Lipinski definition) is 6. The third kappa shape index (κ3) is 4.75. The molecule has 1 aliphatic rings. The molecule has 1 aliphatic heterocycles. The molecule has 0 bridgehead atoms. The Morgan fingerprint density at radius 1 is 0.967 bits per heavy atom. The molecule has 0 aliphatic carbocycles. The maximum Gasteiger partial charge on any atom is 0.190 e. The number of hydrogen-bond donors (Lipinski definition) is 0. The van der Waals surface area contributed by atoms with Crippen molar-refractivity contribution >= 4 is 17.0 Å². The Kier molecular flexibility index (Phi) is 6.84. The number of para-hydroxylation sites is 1. The van der Waals surface area contributed by atoms with Crippen LogP contribution >= 0.6 is 11.3 Å². The highest BCUT2D eigenvalue weighted by Gasteiger charge is 2.15. The maximum atomic E-state index is 5.52. The summed E-state index contributed by atoms with van der Waals surface area (Å²) in [5.74, 6) is 1.45. The van der Waals surface area contributed by atoms with Gasteiger partial charge >= 0.3 is 0 Å². The lowest BCUT2D eigenvalue weighted by molar-refractivity contribution is 0.0363. The average Bonchev–Trinajstić information content (AvgIpc) is 3.20. The molecule has 0 saturated carbocycles. The molecule has 3 aromatic rings. The van der Waals surface area contributed by atoms with Gasteiger partial charge in [0.2, 0.25) is 0 Å². The van der Waals surface area contributed by atoms with E-state index in [4.69, 9.17) is 19.2 Å². The number of morpholine rings is 1. The molecular weight excluding hydrogens is 398 g/mol. The van der Waals surface area contributed by atoms with Crippen LogP contribution in [0.1, 0.15) is 0 Å². The molecule has 4 rings (SSSR count). The van der Waals surface area contributed by atoms with Crippen LogP contribution in [-0.4, -0.2) is 56.5 Å². The quantitative estimate of drug-likeness (QED) is 0.578. The van der Waals surface area contributed by atoms with Gasteiger partial charge in [0.05, 0.1) is 38.8 Å². The number of rotatable bonds is 7. The number of methoxy groups -OCH3 is 2. The monoisotopic (exact) mass is 425 g/mol. The van der Waals surface area contributed by atoms with Crippen LogP contribution in [0.2, 0.25) is 0 Å². The van der Waals surface area contributed by atoms with Gasteiger partial charge in [-0.05, 0) is 30.3 Å². The fraction of sp³-hybridized carbons (Fsp3) is 0.348. The summed E-state index contributed by atoms with van der Waals surface area (Å²) in [7, 11) is 3.32. The predicted octanol–water partition coefficient (Wildman–Crippen LogP) is 3.80. The molecule has 1 saturated heterocycles. The summed E-state index contributed by atoms with van der Waals surface area (Å²) in [5.41, 5.74) is 3.17. The van der Waals surface area contributed by atoms with Crippen LogP contribution in [0.15, 0.2) is 58.9 Å². The second kappa shape index (κ2) is 9.93. The first-order valence-electron chi connectivity index (χ1n) is 10.1. The lowest BCUT2D eigenvalue weighted by Crippen LogP contribution is -2.39. The highest BCUT2D eigenvalue weighted by molar-refractivity contribution is 7.07. The molecule has 2 aromatic carbocycles. The highest BCUT2D eigenvalue weighted by atomic mass is 32.1. The minimum absolute atomic E-state index is 0.725. The summed E-state index contributed by atoms with van der Waals surface area (Å²) in [6, 6.07) is 16.1. The van der Waals surface area contributed by atoms with Crippen molar-refractivity contribution in [3.8, 4) is 22.8 Å². The van der Waals surface area contributed by atoms with E-state index in [1.807, 2.05) is 42.5 Å². The van der Waals surface area contributed by atoms with Crippen molar-refractivity contribution in [1.82, 2.24) is 9.47 Å². The van der Waals surface area contributed by atoms with Crippen LogP contribution in [0.3, 0.4) is 0 Å². The molecule has 1 aromatic heterocycles. The van der Waals surface area contributed by atoms with Crippen LogP contribution in [0.5, 0.6) is 11.5 Å². The van der Waals surface area contributed by atoms with Gasteiger partial charge in [-0.1, -0.05) is 18.2 Å². The van der Waals surface area contributed by atoms with Crippen molar-refractivity contribution in [3.63, 3.8) is 0 Å². The Morgan fingerprint density at radius 3 is 2.47 bits per heavy atom. The van der Waals surface area contributed by atoms with E-state index < -0.39 is 0 Å². The standard InChI is InChI=1S/C23H27N3O3S/c1-27-21-9-8-18(16-22(21)28-2)20-17-30-23(24-19-6-4-3-5-7-19)26(20)11-10-25-12-14-29-15-13-25/h3-9,16-17H,10-15H2,1-2H3. The van der Waals surface area contributed by atoms with E-state index >= 15 is 0 Å². The van der Waals surface area contributed by atoms with E-state index in [0.717, 1.165) is 72.6 Å². The van der Waals surface area contributed by atoms with Crippen LogP contribution in [0, 0.1) is 0 Å². The molecule has 0 radical (unpaired) electrons. The summed E-state index contributed by atoms with van der Waals surface area (Å²) in [4.78, 5) is 8.34. The van der Waals surface area contributed by atoms with Gasteiger partial charge in [-0.15, -0.1) is 11.3 Å². The van der Waals surface area contributed by atoms with E-state index in [0.29, 0.717) is 0 Å². The molecule has 0 unspecified atom stereocenters. The predicted molar refractivity (Wildman–Crippen MR) is 120 cm³/mol. The van der Waals surface area contributed by atoms with Crippen molar-refractivity contribution < 1.29 is 14.2 Å². The number of thiazole rings is 1. The van der Waals surface area contributed by atoms with Crippen LogP contribution in [0.25, 0.3) is 11.3 Å². The van der Waals surface area contributed by atoms with E-state index in [2.05, 4.69) is 20.9 Å². The third-order valence-electron chi connectivity index (χ3n) is 5.20. The van der Waals surface area contributed by atoms with E-state index in [1.54, 1.807) is 25.6 Å². The van der Waals surface area contributed by atoms with E-state index in [9.17, 15) is 0 Å². The first kappa shape index (κ1) is 20.7. The Balaban J connectivity index is 1.71. The molecule has 0 atom stereocenters. The van der Waals surface area contributed by atoms with Gasteiger partial charge in [0, 0.05) is 37.1 Å². The van der Waals surface area contributed by atoms with E-state index in [1.165, 1.54) is 0 Å². The van der Waals surface area contributed by atoms with Crippen molar-refractivity contribution in [2.75, 3.05) is 47.1 Å². The van der Waals surface area contributed by atoms with Crippen LogP contribution in [-0.2, 0) is 11.3 Å². The Bertz CT molecular complexity index is 1020. The average molecular weight is 426 g/mol. The summed E-state index contributed by atoms with van der Waals surface area (Å²) in [6.45, 7) is 5.38. The minimum atomic E-state index is 0.725.